The minimum absolute atomic E-state index is 0.275. The zero-order valence-corrected chi connectivity index (χ0v) is 15.9. The second-order valence-corrected chi connectivity index (χ2v) is 6.29. The summed E-state index contributed by atoms with van der Waals surface area (Å²) in [5.74, 6) is 0.685. The van der Waals surface area contributed by atoms with Gasteiger partial charge in [0.1, 0.15) is 13.2 Å². The van der Waals surface area contributed by atoms with Crippen LogP contribution in [0.2, 0.25) is 5.02 Å². The van der Waals surface area contributed by atoms with Gasteiger partial charge in [-0.15, -0.1) is 0 Å². The highest BCUT2D eigenvalue weighted by molar-refractivity contribution is 6.32. The highest BCUT2D eigenvalue weighted by atomic mass is 35.5. The number of amides is 1. The van der Waals surface area contributed by atoms with Crippen LogP contribution >= 0.6 is 11.6 Å². The molecule has 0 saturated carbocycles. The van der Waals surface area contributed by atoms with E-state index in [1.807, 2.05) is 31.2 Å². The third kappa shape index (κ3) is 5.35. The lowest BCUT2D eigenvalue weighted by Crippen LogP contribution is -2.17. The molecule has 0 atom stereocenters. The van der Waals surface area contributed by atoms with Gasteiger partial charge in [-0.1, -0.05) is 23.7 Å². The molecule has 1 N–H and O–H groups in total. The molecule has 0 unspecified atom stereocenters. The first-order chi connectivity index (χ1) is 13.2. The van der Waals surface area contributed by atoms with Crippen LogP contribution in [0, 0.1) is 0 Å². The van der Waals surface area contributed by atoms with Crippen molar-refractivity contribution in [1.29, 1.82) is 0 Å². The van der Waals surface area contributed by atoms with Crippen LogP contribution in [-0.4, -0.2) is 38.9 Å². The van der Waals surface area contributed by atoms with Crippen molar-refractivity contribution in [2.45, 2.75) is 13.5 Å². The molecule has 0 saturated heterocycles. The third-order valence-electron chi connectivity index (χ3n) is 3.89. The minimum Gasteiger partial charge on any atom is -0.486 e. The first-order valence-electron chi connectivity index (χ1n) is 8.82. The minimum atomic E-state index is -0.275. The van der Waals surface area contributed by atoms with E-state index in [1.165, 1.54) is 0 Å². The van der Waals surface area contributed by atoms with Gasteiger partial charge < -0.3 is 24.3 Å². The first kappa shape index (κ1) is 19.5. The van der Waals surface area contributed by atoms with Gasteiger partial charge in [0, 0.05) is 17.9 Å². The van der Waals surface area contributed by atoms with Crippen LogP contribution in [-0.2, 0) is 16.1 Å². The van der Waals surface area contributed by atoms with Gasteiger partial charge in [0.15, 0.2) is 11.5 Å². The zero-order chi connectivity index (χ0) is 19.1. The van der Waals surface area contributed by atoms with Crippen molar-refractivity contribution >= 4 is 23.2 Å². The molecule has 0 aromatic heterocycles. The number of anilines is 1. The molecule has 2 aromatic rings. The molecule has 27 heavy (non-hydrogen) atoms. The van der Waals surface area contributed by atoms with Gasteiger partial charge >= 0.3 is 0 Å². The lowest BCUT2D eigenvalue weighted by atomic mass is 10.1. The van der Waals surface area contributed by atoms with Gasteiger partial charge in [-0.25, -0.2) is 0 Å². The second-order valence-electron chi connectivity index (χ2n) is 5.89. The third-order valence-corrected chi connectivity index (χ3v) is 4.17. The van der Waals surface area contributed by atoms with Crippen molar-refractivity contribution in [2.75, 3.05) is 38.4 Å². The van der Waals surface area contributed by atoms with E-state index in [4.69, 9.17) is 30.5 Å². The second kappa shape index (κ2) is 9.60. The maximum Gasteiger partial charge on any atom is 0.255 e. The van der Waals surface area contributed by atoms with Crippen molar-refractivity contribution in [3.05, 3.63) is 52.5 Å². The molecule has 3 rings (SSSR count). The van der Waals surface area contributed by atoms with E-state index in [1.54, 1.807) is 12.1 Å². The number of rotatable bonds is 8. The van der Waals surface area contributed by atoms with E-state index in [0.29, 0.717) is 67.4 Å². The molecule has 1 amide bonds. The molecule has 0 radical (unpaired) electrons. The predicted molar refractivity (Wildman–Crippen MR) is 103 cm³/mol. The molecule has 0 aliphatic carbocycles. The summed E-state index contributed by atoms with van der Waals surface area (Å²) >= 11 is 6.20. The summed E-state index contributed by atoms with van der Waals surface area (Å²) < 4.78 is 21.8. The standard InChI is InChI=1S/C20H22ClNO5/c1-2-24-6-7-25-13-14-4-3-5-16(10-14)22-20(23)15-11-17(21)19-18(12-15)26-8-9-27-19/h3-5,10-12H,2,6-9,13H2,1H3,(H,22,23). The van der Waals surface area contributed by atoms with E-state index >= 15 is 0 Å². The fourth-order valence-electron chi connectivity index (χ4n) is 2.64. The van der Waals surface area contributed by atoms with Gasteiger partial charge in [-0.2, -0.15) is 0 Å². The Morgan fingerprint density at radius 1 is 1.15 bits per heavy atom. The maximum atomic E-state index is 12.6. The lowest BCUT2D eigenvalue weighted by Gasteiger charge is -2.20. The van der Waals surface area contributed by atoms with E-state index in [2.05, 4.69) is 5.32 Å². The summed E-state index contributed by atoms with van der Waals surface area (Å²) in [4.78, 5) is 12.6. The summed E-state index contributed by atoms with van der Waals surface area (Å²) in [7, 11) is 0. The molecule has 2 aromatic carbocycles. The predicted octanol–water partition coefficient (Wildman–Crippen LogP) is 3.92. The fourth-order valence-corrected chi connectivity index (χ4v) is 2.90. The number of carbonyl (C=O) groups excluding carboxylic acids is 1. The first-order valence-corrected chi connectivity index (χ1v) is 9.20. The maximum absolute atomic E-state index is 12.6. The zero-order valence-electron chi connectivity index (χ0n) is 15.1. The van der Waals surface area contributed by atoms with E-state index in [-0.39, 0.29) is 5.91 Å². The Hall–Kier alpha value is -2.28. The number of ether oxygens (including phenoxy) is 4. The SMILES string of the molecule is CCOCCOCc1cccc(NC(=O)c2cc(Cl)c3c(c2)OCCO3)c1. The van der Waals surface area contributed by atoms with Crippen molar-refractivity contribution in [3.8, 4) is 11.5 Å². The van der Waals surface area contributed by atoms with Crippen LogP contribution in [0.1, 0.15) is 22.8 Å². The molecule has 1 aliphatic rings. The van der Waals surface area contributed by atoms with Crippen molar-refractivity contribution < 1.29 is 23.7 Å². The largest absolute Gasteiger partial charge is 0.486 e. The number of fused-ring (bicyclic) bond motifs is 1. The van der Waals surface area contributed by atoms with Crippen LogP contribution in [0.25, 0.3) is 0 Å². The molecule has 0 fully saturated rings. The Balaban J connectivity index is 1.62. The molecule has 1 aliphatic heterocycles. The number of hydrogen-bond acceptors (Lipinski definition) is 5. The monoisotopic (exact) mass is 391 g/mol. The van der Waals surface area contributed by atoms with E-state index < -0.39 is 0 Å². The van der Waals surface area contributed by atoms with Gasteiger partial charge in [0.25, 0.3) is 5.91 Å². The number of nitrogens with one attached hydrogen (secondary N) is 1. The molecular weight excluding hydrogens is 370 g/mol. The van der Waals surface area contributed by atoms with Gasteiger partial charge in [0.2, 0.25) is 0 Å². The Labute approximate surface area is 163 Å². The molecule has 6 nitrogen and oxygen atoms in total. The number of halogens is 1. The summed E-state index contributed by atoms with van der Waals surface area (Å²) in [5, 5.41) is 3.22. The summed E-state index contributed by atoms with van der Waals surface area (Å²) in [6, 6.07) is 10.7. The number of hydrogen-bond donors (Lipinski definition) is 1. The Bertz CT molecular complexity index is 796. The molecule has 0 spiro atoms. The fraction of sp³-hybridized carbons (Fsp3) is 0.350. The summed E-state index contributed by atoms with van der Waals surface area (Å²) in [6.07, 6.45) is 0. The van der Waals surface area contributed by atoms with Gasteiger partial charge in [-0.3, -0.25) is 4.79 Å². The van der Waals surface area contributed by atoms with E-state index in [9.17, 15) is 4.79 Å². The molecular formula is C20H22ClNO5. The molecule has 0 bridgehead atoms. The van der Waals surface area contributed by atoms with Gasteiger partial charge in [0.05, 0.1) is 24.8 Å². The van der Waals surface area contributed by atoms with E-state index in [0.717, 1.165) is 5.56 Å². The lowest BCUT2D eigenvalue weighted by molar-refractivity contribution is 0.0453. The van der Waals surface area contributed by atoms with Crippen molar-refractivity contribution in [3.63, 3.8) is 0 Å². The smallest absolute Gasteiger partial charge is 0.255 e. The molecule has 7 heteroatoms. The number of benzene rings is 2. The Morgan fingerprint density at radius 2 is 1.96 bits per heavy atom. The molecule has 1 heterocycles. The summed E-state index contributed by atoms with van der Waals surface area (Å²) in [6.45, 7) is 5.04. The normalized spacial score (nSPS) is 12.7. The van der Waals surface area contributed by atoms with Crippen molar-refractivity contribution in [1.82, 2.24) is 0 Å². The topological polar surface area (TPSA) is 66.0 Å². The summed E-state index contributed by atoms with van der Waals surface area (Å²) in [5.41, 5.74) is 2.05. The molecule has 144 valence electrons. The van der Waals surface area contributed by atoms with Crippen molar-refractivity contribution in [2.24, 2.45) is 0 Å². The Kier molecular flexibility index (Phi) is 6.92. The van der Waals surface area contributed by atoms with Crippen LogP contribution in [0.15, 0.2) is 36.4 Å². The van der Waals surface area contributed by atoms with Crippen LogP contribution in [0.4, 0.5) is 5.69 Å². The highest BCUT2D eigenvalue weighted by Gasteiger charge is 2.19. The Morgan fingerprint density at radius 3 is 2.81 bits per heavy atom. The average Bonchev–Trinajstić information content (AvgIpc) is 2.68. The quantitative estimate of drug-likeness (QED) is 0.691. The van der Waals surface area contributed by atoms with Crippen LogP contribution in [0.5, 0.6) is 11.5 Å². The number of carbonyl (C=O) groups is 1. The van der Waals surface area contributed by atoms with Crippen LogP contribution in [0.3, 0.4) is 0 Å². The van der Waals surface area contributed by atoms with Gasteiger partial charge in [-0.05, 0) is 36.8 Å². The van der Waals surface area contributed by atoms with Crippen LogP contribution < -0.4 is 14.8 Å². The highest BCUT2D eigenvalue weighted by Crippen LogP contribution is 2.38. The average molecular weight is 392 g/mol.